The van der Waals surface area contributed by atoms with Crippen molar-refractivity contribution in [3.8, 4) is 5.75 Å². The summed E-state index contributed by atoms with van der Waals surface area (Å²) in [6, 6.07) is 11.5. The molecule has 0 saturated carbocycles. The maximum Gasteiger partial charge on any atom is 0.244 e. The third-order valence-corrected chi connectivity index (χ3v) is 6.68. The molecule has 34 heavy (non-hydrogen) atoms. The highest BCUT2D eigenvalue weighted by Crippen LogP contribution is 2.22. The highest BCUT2D eigenvalue weighted by Gasteiger charge is 2.30. The Morgan fingerprint density at radius 2 is 1.71 bits per heavy atom. The van der Waals surface area contributed by atoms with Crippen molar-refractivity contribution in [2.24, 2.45) is 0 Å². The van der Waals surface area contributed by atoms with E-state index in [-0.39, 0.29) is 18.5 Å². The molecule has 2 amide bonds. The molecule has 186 valence electrons. The first kappa shape index (κ1) is 27.2. The summed E-state index contributed by atoms with van der Waals surface area (Å²) in [6.07, 6.45) is 1.07. The number of hydrogen-bond donors (Lipinski definition) is 1. The van der Waals surface area contributed by atoms with Crippen LogP contribution in [0.4, 0.5) is 5.69 Å². The van der Waals surface area contributed by atoms with Gasteiger partial charge in [-0.2, -0.15) is 0 Å². The van der Waals surface area contributed by atoms with Gasteiger partial charge in [0.2, 0.25) is 21.8 Å². The number of nitrogens with zero attached hydrogens (tertiary/aromatic N) is 2. The Morgan fingerprint density at radius 1 is 1.03 bits per heavy atom. The molecule has 1 atom stereocenters. The lowest BCUT2D eigenvalue weighted by molar-refractivity contribution is -0.139. The summed E-state index contributed by atoms with van der Waals surface area (Å²) in [7, 11) is -2.21. The highest BCUT2D eigenvalue weighted by atomic mass is 32.2. The quantitative estimate of drug-likeness (QED) is 0.554. The zero-order chi connectivity index (χ0) is 25.6. The molecule has 2 aromatic carbocycles. The summed E-state index contributed by atoms with van der Waals surface area (Å²) in [5, 5.41) is 2.83. The molecule has 0 aromatic heterocycles. The summed E-state index contributed by atoms with van der Waals surface area (Å²) < 4.78 is 31.6. The molecule has 0 heterocycles. The van der Waals surface area contributed by atoms with Gasteiger partial charge in [-0.3, -0.25) is 13.9 Å². The van der Waals surface area contributed by atoms with Gasteiger partial charge in [-0.05, 0) is 75.6 Å². The molecular weight excluding hydrogens is 454 g/mol. The van der Waals surface area contributed by atoms with Crippen molar-refractivity contribution < 1.29 is 22.7 Å². The number of benzene rings is 2. The number of sulfonamides is 1. The number of anilines is 1. The van der Waals surface area contributed by atoms with E-state index in [9.17, 15) is 18.0 Å². The molecule has 8 nitrogen and oxygen atoms in total. The largest absolute Gasteiger partial charge is 0.497 e. The minimum absolute atomic E-state index is 0.105. The van der Waals surface area contributed by atoms with Gasteiger partial charge in [-0.1, -0.05) is 18.2 Å². The van der Waals surface area contributed by atoms with Crippen LogP contribution in [0.5, 0.6) is 5.75 Å². The average Bonchev–Trinajstić information content (AvgIpc) is 2.76. The molecule has 0 aliphatic heterocycles. The van der Waals surface area contributed by atoms with Gasteiger partial charge in [0, 0.05) is 12.6 Å². The first-order valence-electron chi connectivity index (χ1n) is 11.1. The third kappa shape index (κ3) is 7.21. The van der Waals surface area contributed by atoms with Crippen molar-refractivity contribution in [3.05, 3.63) is 59.2 Å². The van der Waals surface area contributed by atoms with Crippen LogP contribution in [0.1, 0.15) is 37.5 Å². The second-order valence-corrected chi connectivity index (χ2v) is 10.7. The minimum atomic E-state index is -3.76. The van der Waals surface area contributed by atoms with Crippen molar-refractivity contribution in [1.29, 1.82) is 0 Å². The lowest BCUT2D eigenvalue weighted by Crippen LogP contribution is -2.52. The maximum absolute atomic E-state index is 13.5. The van der Waals surface area contributed by atoms with Gasteiger partial charge in [0.05, 0.1) is 19.1 Å². The van der Waals surface area contributed by atoms with Crippen molar-refractivity contribution in [1.82, 2.24) is 10.2 Å². The Hall–Kier alpha value is -3.07. The number of nitrogens with one attached hydrogen (secondary N) is 1. The van der Waals surface area contributed by atoms with Crippen LogP contribution in [-0.4, -0.2) is 57.1 Å². The van der Waals surface area contributed by atoms with Crippen molar-refractivity contribution in [2.75, 3.05) is 24.2 Å². The number of rotatable bonds is 10. The summed E-state index contributed by atoms with van der Waals surface area (Å²) in [6.45, 7) is 8.82. The molecule has 0 aliphatic rings. The number of hydrogen-bond acceptors (Lipinski definition) is 5. The molecule has 0 radical (unpaired) electrons. The normalized spacial score (nSPS) is 12.2. The predicted molar refractivity (Wildman–Crippen MR) is 134 cm³/mol. The van der Waals surface area contributed by atoms with E-state index >= 15 is 0 Å². The molecule has 0 fully saturated rings. The first-order chi connectivity index (χ1) is 15.8. The van der Waals surface area contributed by atoms with Crippen LogP contribution >= 0.6 is 0 Å². The van der Waals surface area contributed by atoms with E-state index in [4.69, 9.17) is 4.74 Å². The van der Waals surface area contributed by atoms with Crippen LogP contribution in [0.2, 0.25) is 0 Å². The summed E-state index contributed by atoms with van der Waals surface area (Å²) >= 11 is 0. The Bertz CT molecular complexity index is 1130. The van der Waals surface area contributed by atoms with Crippen molar-refractivity contribution in [2.45, 2.75) is 53.2 Å². The molecule has 0 bridgehead atoms. The van der Waals surface area contributed by atoms with E-state index in [1.807, 2.05) is 39.8 Å². The first-order valence-corrected chi connectivity index (χ1v) is 13.0. The van der Waals surface area contributed by atoms with E-state index in [0.717, 1.165) is 27.3 Å². The monoisotopic (exact) mass is 489 g/mol. The van der Waals surface area contributed by atoms with Gasteiger partial charge in [0.1, 0.15) is 18.3 Å². The molecule has 0 saturated heterocycles. The Morgan fingerprint density at radius 3 is 2.26 bits per heavy atom. The van der Waals surface area contributed by atoms with Crippen LogP contribution < -0.4 is 14.4 Å². The minimum Gasteiger partial charge on any atom is -0.497 e. The predicted octanol–water partition coefficient (Wildman–Crippen LogP) is 3.02. The number of ether oxygens (including phenoxy) is 1. The van der Waals surface area contributed by atoms with Crippen LogP contribution in [0.25, 0.3) is 0 Å². The van der Waals surface area contributed by atoms with Gasteiger partial charge < -0.3 is 15.0 Å². The molecule has 2 rings (SSSR count). The summed E-state index contributed by atoms with van der Waals surface area (Å²) in [5.41, 5.74) is 3.09. The zero-order valence-electron chi connectivity index (χ0n) is 21.0. The molecular formula is C25H35N3O5S. The summed E-state index contributed by atoms with van der Waals surface area (Å²) in [5.74, 6) is -0.182. The number of amides is 2. The number of carbonyl (C=O) groups is 2. The topological polar surface area (TPSA) is 96.0 Å². The molecule has 0 spiro atoms. The Labute approximate surface area is 202 Å². The standard InChI is InChI=1S/C25H35N3O5S/c1-17(2)26-25(30)20(5)27(15-21-9-8-10-23(14-21)33-6)24(29)16-28(34(7,31)32)22-12-11-18(3)19(4)13-22/h8-14,17,20H,15-16H2,1-7H3,(H,26,30)/t20-/m1/s1. The van der Waals surface area contributed by atoms with E-state index in [0.29, 0.717) is 11.4 Å². The zero-order valence-corrected chi connectivity index (χ0v) is 21.8. The smallest absolute Gasteiger partial charge is 0.244 e. The highest BCUT2D eigenvalue weighted by molar-refractivity contribution is 7.92. The van der Waals surface area contributed by atoms with E-state index in [1.54, 1.807) is 44.4 Å². The Kier molecular flexibility index (Phi) is 9.09. The molecule has 2 aromatic rings. The van der Waals surface area contributed by atoms with Crippen LogP contribution in [0.3, 0.4) is 0 Å². The fourth-order valence-corrected chi connectivity index (χ4v) is 4.29. The van der Waals surface area contributed by atoms with Gasteiger partial charge in [0.25, 0.3) is 0 Å². The second-order valence-electron chi connectivity index (χ2n) is 8.75. The fourth-order valence-electron chi connectivity index (χ4n) is 3.45. The SMILES string of the molecule is COc1cccc(CN(C(=O)CN(c2ccc(C)c(C)c2)S(C)(=O)=O)[C@H](C)C(=O)NC(C)C)c1. The van der Waals surface area contributed by atoms with Crippen LogP contribution in [-0.2, 0) is 26.2 Å². The lowest BCUT2D eigenvalue weighted by atomic mass is 10.1. The van der Waals surface area contributed by atoms with Crippen LogP contribution in [0, 0.1) is 13.8 Å². The van der Waals surface area contributed by atoms with Crippen molar-refractivity contribution >= 4 is 27.5 Å². The molecule has 0 aliphatic carbocycles. The van der Waals surface area contributed by atoms with E-state index in [2.05, 4.69) is 5.32 Å². The lowest BCUT2D eigenvalue weighted by Gasteiger charge is -2.32. The summed E-state index contributed by atoms with van der Waals surface area (Å²) in [4.78, 5) is 27.7. The van der Waals surface area contributed by atoms with E-state index < -0.39 is 28.5 Å². The van der Waals surface area contributed by atoms with Gasteiger partial charge in [-0.25, -0.2) is 8.42 Å². The van der Waals surface area contributed by atoms with Gasteiger partial charge >= 0.3 is 0 Å². The average molecular weight is 490 g/mol. The molecule has 1 N–H and O–H groups in total. The fraction of sp³-hybridized carbons (Fsp3) is 0.440. The van der Waals surface area contributed by atoms with E-state index in [1.165, 1.54) is 4.90 Å². The number of aryl methyl sites for hydroxylation is 2. The number of methoxy groups -OCH3 is 1. The molecule has 9 heteroatoms. The van der Waals surface area contributed by atoms with Crippen molar-refractivity contribution in [3.63, 3.8) is 0 Å². The Balaban J connectivity index is 2.42. The third-order valence-electron chi connectivity index (χ3n) is 5.54. The second kappa shape index (κ2) is 11.4. The van der Waals surface area contributed by atoms with Gasteiger partial charge in [-0.15, -0.1) is 0 Å². The van der Waals surface area contributed by atoms with Crippen LogP contribution in [0.15, 0.2) is 42.5 Å². The number of carbonyl (C=O) groups excluding carboxylic acids is 2. The van der Waals surface area contributed by atoms with Gasteiger partial charge in [0.15, 0.2) is 0 Å². The molecule has 0 unspecified atom stereocenters. The maximum atomic E-state index is 13.5.